The minimum Gasteiger partial charge on any atom is -0.444 e. The largest absolute Gasteiger partial charge is 0.444 e. The van der Waals surface area contributed by atoms with Gasteiger partial charge in [0.25, 0.3) is 10.0 Å². The van der Waals surface area contributed by atoms with Crippen molar-refractivity contribution in [3.05, 3.63) is 125 Å². The molecule has 4 heterocycles. The molecule has 12 heteroatoms. The SMILES string of the molecule is Cc1ccc(S(=O)(=O)n2cc(-c3c(C)nn(Cc4cccc(F)c4)c3C)c3cc(-c4ccc(C5CCN(C(=O)OC(C)(C)C)CC5)c(F)c4)cnc32)cc1. The third kappa shape index (κ3) is 7.26. The van der Waals surface area contributed by atoms with Crippen LogP contribution < -0.4 is 0 Å². The Balaban J connectivity index is 1.26. The van der Waals surface area contributed by atoms with Crippen LogP contribution in [0.3, 0.4) is 0 Å². The first-order valence-electron chi connectivity index (χ1n) is 18.0. The van der Waals surface area contributed by atoms with E-state index in [0.29, 0.717) is 65.8 Å². The molecule has 1 fully saturated rings. The van der Waals surface area contributed by atoms with Crippen LogP contribution in [0, 0.1) is 32.4 Å². The van der Waals surface area contributed by atoms with Gasteiger partial charge in [0.2, 0.25) is 0 Å². The first kappa shape index (κ1) is 37.0. The van der Waals surface area contributed by atoms with Gasteiger partial charge in [-0.1, -0.05) is 42.0 Å². The maximum atomic E-state index is 15.9. The number of pyridine rings is 1. The van der Waals surface area contributed by atoms with Crippen molar-refractivity contribution in [1.82, 2.24) is 23.6 Å². The van der Waals surface area contributed by atoms with E-state index in [4.69, 9.17) is 14.8 Å². The number of likely N-dealkylation sites (tertiary alicyclic amines) is 1. The molecule has 280 valence electrons. The molecule has 1 saturated heterocycles. The number of nitrogens with zero attached hydrogens (tertiary/aromatic N) is 5. The highest BCUT2D eigenvalue weighted by Gasteiger charge is 2.30. The monoisotopic (exact) mass is 751 g/mol. The quantitative estimate of drug-likeness (QED) is 0.161. The number of aryl methyl sites for hydroxylation is 2. The lowest BCUT2D eigenvalue weighted by Gasteiger charge is -2.33. The first-order valence-corrected chi connectivity index (χ1v) is 19.4. The third-order valence-corrected chi connectivity index (χ3v) is 11.6. The van der Waals surface area contributed by atoms with Gasteiger partial charge in [-0.15, -0.1) is 0 Å². The lowest BCUT2D eigenvalue weighted by molar-refractivity contribution is 0.0204. The van der Waals surface area contributed by atoms with E-state index in [1.165, 1.54) is 22.2 Å². The number of carbonyl (C=O) groups excluding carboxylic acids is 1. The second-order valence-corrected chi connectivity index (χ2v) is 16.9. The molecule has 7 rings (SSSR count). The van der Waals surface area contributed by atoms with Gasteiger partial charge in [0.05, 0.1) is 17.1 Å². The average molecular weight is 752 g/mol. The Labute approximate surface area is 314 Å². The molecule has 0 unspecified atom stereocenters. The van der Waals surface area contributed by atoms with E-state index < -0.39 is 15.6 Å². The standard InChI is InChI=1S/C42H43F2N5O4S/c1-26-10-13-34(14-11-26)54(51,52)49-25-37(39-27(2)46-48(28(39)3)24-29-8-7-9-33(43)20-29)36-21-32(23-45-40(36)49)31-12-15-35(38(44)22-31)30-16-18-47(19-17-30)41(50)53-42(4,5)6/h7-15,20-23,25,30H,16-19,24H2,1-6H3. The summed E-state index contributed by atoms with van der Waals surface area (Å²) < 4.78 is 66.7. The zero-order valence-electron chi connectivity index (χ0n) is 31.2. The predicted octanol–water partition coefficient (Wildman–Crippen LogP) is 9.17. The van der Waals surface area contributed by atoms with Crippen LogP contribution in [0.1, 0.15) is 67.6 Å². The number of ether oxygens (including phenoxy) is 1. The molecule has 54 heavy (non-hydrogen) atoms. The Bertz CT molecular complexity index is 2490. The Hall–Kier alpha value is -5.36. The fourth-order valence-corrected chi connectivity index (χ4v) is 8.55. The van der Waals surface area contributed by atoms with E-state index in [2.05, 4.69) is 0 Å². The van der Waals surface area contributed by atoms with E-state index in [1.807, 2.05) is 59.7 Å². The van der Waals surface area contributed by atoms with Crippen LogP contribution in [0.4, 0.5) is 13.6 Å². The predicted molar refractivity (Wildman–Crippen MR) is 205 cm³/mol. The number of rotatable bonds is 7. The van der Waals surface area contributed by atoms with Crippen molar-refractivity contribution in [2.24, 2.45) is 0 Å². The molecule has 3 aromatic carbocycles. The van der Waals surface area contributed by atoms with Gasteiger partial charge >= 0.3 is 6.09 Å². The van der Waals surface area contributed by atoms with Gasteiger partial charge in [0.1, 0.15) is 17.2 Å². The molecule has 1 aliphatic heterocycles. The Kier molecular flexibility index (Phi) is 9.68. The molecule has 0 aliphatic carbocycles. The van der Waals surface area contributed by atoms with Crippen LogP contribution in [0.2, 0.25) is 0 Å². The highest BCUT2D eigenvalue weighted by molar-refractivity contribution is 7.90. The molecule has 3 aromatic heterocycles. The first-order chi connectivity index (χ1) is 25.6. The van der Waals surface area contributed by atoms with Crippen molar-refractivity contribution < 1.29 is 26.7 Å². The molecule has 0 radical (unpaired) electrons. The molecule has 0 spiro atoms. The molecular formula is C42H43F2N5O4S. The third-order valence-electron chi connectivity index (χ3n) is 9.98. The number of hydrogen-bond donors (Lipinski definition) is 0. The number of fused-ring (bicyclic) bond motifs is 1. The normalized spacial score (nSPS) is 14.2. The summed E-state index contributed by atoms with van der Waals surface area (Å²) in [6, 6.07) is 20.0. The second-order valence-electron chi connectivity index (χ2n) is 15.1. The van der Waals surface area contributed by atoms with Crippen molar-refractivity contribution >= 4 is 27.1 Å². The number of piperidine rings is 1. The topological polar surface area (TPSA) is 99.3 Å². The van der Waals surface area contributed by atoms with Crippen LogP contribution in [0.25, 0.3) is 33.3 Å². The van der Waals surface area contributed by atoms with Gasteiger partial charge < -0.3 is 9.64 Å². The van der Waals surface area contributed by atoms with Crippen molar-refractivity contribution in [3.63, 3.8) is 0 Å². The fraction of sp³-hybridized carbons (Fsp3) is 0.310. The van der Waals surface area contributed by atoms with Gasteiger partial charge in [-0.05, 0) is 113 Å². The zero-order chi connectivity index (χ0) is 38.5. The molecule has 1 aliphatic rings. The number of aromatic nitrogens is 4. The number of benzene rings is 3. The van der Waals surface area contributed by atoms with E-state index in [-0.39, 0.29) is 34.2 Å². The number of hydrogen-bond acceptors (Lipinski definition) is 6. The summed E-state index contributed by atoms with van der Waals surface area (Å²) in [6.45, 7) is 12.4. The van der Waals surface area contributed by atoms with Crippen LogP contribution in [0.15, 0.2) is 90.1 Å². The van der Waals surface area contributed by atoms with Crippen molar-refractivity contribution in [1.29, 1.82) is 0 Å². The zero-order valence-corrected chi connectivity index (χ0v) is 32.0. The summed E-state index contributed by atoms with van der Waals surface area (Å²) in [5.74, 6) is -0.750. The highest BCUT2D eigenvalue weighted by Crippen LogP contribution is 2.39. The molecular weight excluding hydrogens is 709 g/mol. The molecule has 6 aromatic rings. The Morgan fingerprint density at radius 3 is 2.31 bits per heavy atom. The lowest BCUT2D eigenvalue weighted by Crippen LogP contribution is -2.41. The summed E-state index contributed by atoms with van der Waals surface area (Å²) in [5.41, 5.74) is 5.85. The summed E-state index contributed by atoms with van der Waals surface area (Å²) >= 11 is 0. The summed E-state index contributed by atoms with van der Waals surface area (Å²) in [4.78, 5) is 19.1. The number of carbonyl (C=O) groups is 1. The Morgan fingerprint density at radius 1 is 0.926 bits per heavy atom. The van der Waals surface area contributed by atoms with Crippen molar-refractivity contribution in [2.45, 2.75) is 77.3 Å². The lowest BCUT2D eigenvalue weighted by atomic mass is 9.88. The molecule has 0 saturated carbocycles. The van der Waals surface area contributed by atoms with Gasteiger partial charge in [-0.3, -0.25) is 4.68 Å². The molecule has 9 nitrogen and oxygen atoms in total. The minimum absolute atomic E-state index is 0.0548. The average Bonchev–Trinajstić information content (AvgIpc) is 3.63. The number of amides is 1. The van der Waals surface area contributed by atoms with Gasteiger partial charge in [0, 0.05) is 53.3 Å². The summed E-state index contributed by atoms with van der Waals surface area (Å²) in [6.07, 6.45) is 4.01. The smallest absolute Gasteiger partial charge is 0.410 e. The van der Waals surface area contributed by atoms with E-state index in [1.54, 1.807) is 58.4 Å². The molecule has 0 bridgehead atoms. The van der Waals surface area contributed by atoms with E-state index in [9.17, 15) is 17.6 Å². The molecule has 0 N–H and O–H groups in total. The number of halogens is 2. The molecule has 1 amide bonds. The summed E-state index contributed by atoms with van der Waals surface area (Å²) in [7, 11) is -4.07. The minimum atomic E-state index is -4.07. The second kappa shape index (κ2) is 14.1. The van der Waals surface area contributed by atoms with Crippen molar-refractivity contribution in [3.8, 4) is 22.3 Å². The maximum Gasteiger partial charge on any atom is 0.410 e. The van der Waals surface area contributed by atoms with Crippen LogP contribution >= 0.6 is 0 Å². The highest BCUT2D eigenvalue weighted by atomic mass is 32.2. The van der Waals surface area contributed by atoms with Crippen LogP contribution in [-0.4, -0.2) is 56.8 Å². The summed E-state index contributed by atoms with van der Waals surface area (Å²) in [5, 5.41) is 5.32. The van der Waals surface area contributed by atoms with Gasteiger partial charge in [-0.2, -0.15) is 5.10 Å². The van der Waals surface area contributed by atoms with Crippen molar-refractivity contribution in [2.75, 3.05) is 13.1 Å². The van der Waals surface area contributed by atoms with E-state index in [0.717, 1.165) is 22.4 Å². The van der Waals surface area contributed by atoms with E-state index >= 15 is 4.39 Å². The van der Waals surface area contributed by atoms with Gasteiger partial charge in [-0.25, -0.2) is 30.9 Å². The van der Waals surface area contributed by atoms with Gasteiger partial charge in [0.15, 0.2) is 5.65 Å². The van der Waals surface area contributed by atoms with Crippen LogP contribution in [0.5, 0.6) is 0 Å². The fourth-order valence-electron chi connectivity index (χ4n) is 7.23. The maximum absolute atomic E-state index is 15.9. The molecule has 0 atom stereocenters. The Morgan fingerprint density at radius 2 is 1.65 bits per heavy atom. The van der Waals surface area contributed by atoms with Crippen LogP contribution in [-0.2, 0) is 21.3 Å².